The van der Waals surface area contributed by atoms with Crippen molar-refractivity contribution in [2.45, 2.75) is 20.8 Å². The average Bonchev–Trinajstić information content (AvgIpc) is 2.49. The molecule has 0 radical (unpaired) electrons. The zero-order valence-corrected chi connectivity index (χ0v) is 14.1. The summed E-state index contributed by atoms with van der Waals surface area (Å²) in [7, 11) is 1.58. The third-order valence-corrected chi connectivity index (χ3v) is 3.32. The van der Waals surface area contributed by atoms with Crippen LogP contribution < -0.4 is 32.4 Å². The van der Waals surface area contributed by atoms with Crippen LogP contribution in [-0.2, 0) is 0 Å². The van der Waals surface area contributed by atoms with E-state index in [0.717, 1.165) is 11.1 Å². The van der Waals surface area contributed by atoms with Gasteiger partial charge in [-0.05, 0) is 56.2 Å². The summed E-state index contributed by atoms with van der Waals surface area (Å²) in [5, 5.41) is 0. The van der Waals surface area contributed by atoms with Crippen LogP contribution in [0.2, 0.25) is 0 Å². The van der Waals surface area contributed by atoms with Gasteiger partial charge >= 0.3 is 0 Å². The molecule has 0 saturated heterocycles. The van der Waals surface area contributed by atoms with E-state index >= 15 is 0 Å². The number of ether oxygens (including phenoxy) is 2. The quantitative estimate of drug-likeness (QED) is 0.645. The minimum Gasteiger partial charge on any atom is -0.495 e. The zero-order chi connectivity index (χ0) is 17.6. The highest BCUT2D eigenvalue weighted by Crippen LogP contribution is 2.27. The van der Waals surface area contributed by atoms with Crippen molar-refractivity contribution in [3.63, 3.8) is 0 Å². The monoisotopic (exact) mass is 318 g/mol. The minimum absolute atomic E-state index is 0.579. The van der Waals surface area contributed by atoms with Crippen molar-refractivity contribution in [2.24, 2.45) is 0 Å². The first-order valence-electron chi connectivity index (χ1n) is 7.28. The predicted octanol–water partition coefficient (Wildman–Crippen LogP) is 2.73. The summed E-state index contributed by atoms with van der Waals surface area (Å²) in [5.41, 5.74) is 27.1. The van der Waals surface area contributed by atoms with Crippen molar-refractivity contribution in [3.05, 3.63) is 35.4 Å². The minimum atomic E-state index is 0.579. The Kier molecular flexibility index (Phi) is 6.38. The summed E-state index contributed by atoms with van der Waals surface area (Å²) < 4.78 is 10.3. The summed E-state index contributed by atoms with van der Waals surface area (Å²) in [5.74, 6) is 1.39. The molecule has 6 nitrogen and oxygen atoms in total. The molecule has 2 aromatic carbocycles. The van der Waals surface area contributed by atoms with Gasteiger partial charge in [0.2, 0.25) is 0 Å². The fourth-order valence-corrected chi connectivity index (χ4v) is 1.89. The highest BCUT2D eigenvalue weighted by Gasteiger charge is 2.02. The lowest BCUT2D eigenvalue weighted by Gasteiger charge is -2.09. The first-order valence-corrected chi connectivity index (χ1v) is 7.28. The van der Waals surface area contributed by atoms with E-state index in [9.17, 15) is 0 Å². The van der Waals surface area contributed by atoms with Crippen molar-refractivity contribution in [1.82, 2.24) is 0 Å². The maximum atomic E-state index is 5.67. The van der Waals surface area contributed by atoms with E-state index in [4.69, 9.17) is 32.4 Å². The predicted molar refractivity (Wildman–Crippen MR) is 97.7 cm³/mol. The van der Waals surface area contributed by atoms with E-state index in [-0.39, 0.29) is 0 Å². The van der Waals surface area contributed by atoms with Crippen molar-refractivity contribution in [3.8, 4) is 11.5 Å². The Hall–Kier alpha value is -2.76. The van der Waals surface area contributed by atoms with Crippen molar-refractivity contribution in [2.75, 3.05) is 36.7 Å². The van der Waals surface area contributed by atoms with Gasteiger partial charge in [0.15, 0.2) is 0 Å². The number of nitrogen functional groups attached to an aromatic ring is 4. The molecule has 8 N–H and O–H groups in total. The topological polar surface area (TPSA) is 123 Å². The van der Waals surface area contributed by atoms with Crippen molar-refractivity contribution >= 4 is 22.7 Å². The van der Waals surface area contributed by atoms with Crippen molar-refractivity contribution < 1.29 is 9.47 Å². The fraction of sp³-hybridized carbons (Fsp3) is 0.294. The molecule has 0 spiro atoms. The molecular formula is C17H26N4O2. The Morgan fingerprint density at radius 3 is 1.61 bits per heavy atom. The van der Waals surface area contributed by atoms with Crippen LogP contribution >= 0.6 is 0 Å². The summed E-state index contributed by atoms with van der Waals surface area (Å²) in [6.45, 7) is 6.38. The molecule has 0 aromatic heterocycles. The van der Waals surface area contributed by atoms with E-state index in [1.54, 1.807) is 19.2 Å². The molecule has 126 valence electrons. The van der Waals surface area contributed by atoms with Crippen LogP contribution in [0.1, 0.15) is 18.1 Å². The molecule has 0 aliphatic carbocycles. The van der Waals surface area contributed by atoms with Gasteiger partial charge in [0.05, 0.1) is 25.1 Å². The molecule has 0 atom stereocenters. The Bertz CT molecular complexity index is 672. The molecule has 0 unspecified atom stereocenters. The molecular weight excluding hydrogens is 292 g/mol. The second-order valence-electron chi connectivity index (χ2n) is 5.13. The SMILES string of the molecule is CCOc1cc(C)c(N)cc1N.COc1cc(C)c(N)cc1N. The maximum absolute atomic E-state index is 5.67. The fourth-order valence-electron chi connectivity index (χ4n) is 1.89. The number of methoxy groups -OCH3 is 1. The van der Waals surface area contributed by atoms with Crippen LogP contribution in [0, 0.1) is 13.8 Å². The summed E-state index contributed by atoms with van der Waals surface area (Å²) in [6, 6.07) is 7.10. The van der Waals surface area contributed by atoms with Gasteiger partial charge in [-0.25, -0.2) is 0 Å². The first kappa shape index (κ1) is 18.3. The lowest BCUT2D eigenvalue weighted by molar-refractivity contribution is 0.342. The van der Waals surface area contributed by atoms with Gasteiger partial charge in [-0.1, -0.05) is 0 Å². The number of anilines is 4. The number of hydrogen-bond donors (Lipinski definition) is 4. The highest BCUT2D eigenvalue weighted by molar-refractivity contribution is 5.64. The molecule has 0 saturated carbocycles. The molecule has 0 amide bonds. The summed E-state index contributed by atoms with van der Waals surface area (Å²) >= 11 is 0. The molecule has 0 bridgehead atoms. The van der Waals surface area contributed by atoms with Gasteiger partial charge in [-0.2, -0.15) is 0 Å². The van der Waals surface area contributed by atoms with Gasteiger partial charge in [0.1, 0.15) is 11.5 Å². The molecule has 0 aliphatic heterocycles. The largest absolute Gasteiger partial charge is 0.495 e. The normalized spacial score (nSPS) is 9.74. The van der Waals surface area contributed by atoms with Crippen LogP contribution in [-0.4, -0.2) is 13.7 Å². The summed E-state index contributed by atoms with van der Waals surface area (Å²) in [4.78, 5) is 0. The third kappa shape index (κ3) is 4.88. The Morgan fingerprint density at radius 2 is 1.17 bits per heavy atom. The molecule has 2 rings (SSSR count). The van der Waals surface area contributed by atoms with Crippen LogP contribution in [0.3, 0.4) is 0 Å². The van der Waals surface area contributed by atoms with E-state index in [1.165, 1.54) is 0 Å². The van der Waals surface area contributed by atoms with Crippen LogP contribution in [0.4, 0.5) is 22.7 Å². The molecule has 6 heteroatoms. The molecule has 0 aliphatic rings. The number of rotatable bonds is 3. The van der Waals surface area contributed by atoms with Gasteiger partial charge < -0.3 is 32.4 Å². The molecule has 23 heavy (non-hydrogen) atoms. The highest BCUT2D eigenvalue weighted by atomic mass is 16.5. The van der Waals surface area contributed by atoms with E-state index in [0.29, 0.717) is 40.9 Å². The van der Waals surface area contributed by atoms with Gasteiger partial charge in [-0.3, -0.25) is 0 Å². The smallest absolute Gasteiger partial charge is 0.142 e. The Balaban J connectivity index is 0.000000231. The second-order valence-corrected chi connectivity index (χ2v) is 5.13. The standard InChI is InChI=1S/C9H14N2O.C8H12N2O/c1-3-12-9-4-6(2)7(10)5-8(9)11;1-5-3-8(11-2)7(10)4-6(5)9/h4-5H,3,10-11H2,1-2H3;3-4H,9-10H2,1-2H3. The first-order chi connectivity index (χ1) is 10.8. The van der Waals surface area contributed by atoms with Crippen LogP contribution in [0.25, 0.3) is 0 Å². The number of nitrogens with two attached hydrogens (primary N) is 4. The van der Waals surface area contributed by atoms with E-state index in [1.807, 2.05) is 32.9 Å². The van der Waals surface area contributed by atoms with E-state index in [2.05, 4.69) is 0 Å². The maximum Gasteiger partial charge on any atom is 0.142 e. The number of hydrogen-bond acceptors (Lipinski definition) is 6. The third-order valence-electron chi connectivity index (χ3n) is 3.32. The number of benzene rings is 2. The number of aryl methyl sites for hydroxylation is 2. The van der Waals surface area contributed by atoms with Crippen LogP contribution in [0.15, 0.2) is 24.3 Å². The average molecular weight is 318 g/mol. The molecule has 0 fully saturated rings. The van der Waals surface area contributed by atoms with Gasteiger partial charge in [-0.15, -0.1) is 0 Å². The van der Waals surface area contributed by atoms with E-state index < -0.39 is 0 Å². The zero-order valence-electron chi connectivity index (χ0n) is 14.1. The van der Waals surface area contributed by atoms with Crippen LogP contribution in [0.5, 0.6) is 11.5 Å². The Morgan fingerprint density at radius 1 is 0.739 bits per heavy atom. The van der Waals surface area contributed by atoms with Crippen molar-refractivity contribution in [1.29, 1.82) is 0 Å². The second kappa shape index (κ2) is 8.03. The molecule has 0 heterocycles. The molecule has 2 aromatic rings. The summed E-state index contributed by atoms with van der Waals surface area (Å²) in [6.07, 6.45) is 0. The Labute approximate surface area is 137 Å². The lowest BCUT2D eigenvalue weighted by Crippen LogP contribution is -1.99. The van der Waals surface area contributed by atoms with Gasteiger partial charge in [0.25, 0.3) is 0 Å². The lowest BCUT2D eigenvalue weighted by atomic mass is 10.2. The van der Waals surface area contributed by atoms with Gasteiger partial charge in [0, 0.05) is 11.4 Å².